The molecule has 1 aromatic rings. The number of carbonyl (C=O) groups excluding carboxylic acids is 1. The van der Waals surface area contributed by atoms with Crippen molar-refractivity contribution in [3.8, 4) is 0 Å². The minimum atomic E-state index is -0.982. The molecular formula is C15H18N2O3. The van der Waals surface area contributed by atoms with E-state index in [2.05, 4.69) is 10.2 Å². The predicted molar refractivity (Wildman–Crippen MR) is 76.2 cm³/mol. The highest BCUT2D eigenvalue weighted by atomic mass is 16.4. The Balaban J connectivity index is 2.02. The normalized spacial score (nSPS) is 20.4. The van der Waals surface area contributed by atoms with Gasteiger partial charge in [-0.1, -0.05) is 12.8 Å². The molecule has 1 aliphatic heterocycles. The molecule has 1 aliphatic carbocycles. The molecule has 106 valence electrons. The largest absolute Gasteiger partial charge is 0.478 e. The van der Waals surface area contributed by atoms with E-state index in [0.717, 1.165) is 31.4 Å². The van der Waals surface area contributed by atoms with Crippen LogP contribution in [0.5, 0.6) is 0 Å². The van der Waals surface area contributed by atoms with Crippen molar-refractivity contribution >= 4 is 23.3 Å². The van der Waals surface area contributed by atoms with E-state index < -0.39 is 5.97 Å². The van der Waals surface area contributed by atoms with Crippen molar-refractivity contribution in [2.24, 2.45) is 5.41 Å². The fraction of sp³-hybridized carbons (Fsp3) is 0.467. The molecular weight excluding hydrogens is 256 g/mol. The lowest BCUT2D eigenvalue weighted by Gasteiger charge is -2.29. The van der Waals surface area contributed by atoms with Gasteiger partial charge in [0.05, 0.1) is 22.4 Å². The third-order valence-electron chi connectivity index (χ3n) is 4.49. The van der Waals surface area contributed by atoms with Crippen LogP contribution < -0.4 is 10.2 Å². The Kier molecular flexibility index (Phi) is 2.92. The van der Waals surface area contributed by atoms with Crippen LogP contribution in [0.1, 0.15) is 36.0 Å². The highest BCUT2D eigenvalue weighted by molar-refractivity contribution is 6.02. The molecule has 0 bridgehead atoms. The molecule has 1 saturated carbocycles. The summed E-state index contributed by atoms with van der Waals surface area (Å²) in [4.78, 5) is 25.7. The molecule has 1 aromatic carbocycles. The number of benzene rings is 1. The van der Waals surface area contributed by atoms with Crippen molar-refractivity contribution in [2.75, 3.05) is 23.8 Å². The molecule has 1 heterocycles. The molecule has 1 amide bonds. The second-order valence-corrected chi connectivity index (χ2v) is 5.83. The second-order valence-electron chi connectivity index (χ2n) is 5.83. The third-order valence-corrected chi connectivity index (χ3v) is 4.49. The number of hydrogen-bond acceptors (Lipinski definition) is 3. The van der Waals surface area contributed by atoms with Gasteiger partial charge >= 0.3 is 5.97 Å². The first-order valence-corrected chi connectivity index (χ1v) is 6.92. The van der Waals surface area contributed by atoms with Gasteiger partial charge in [-0.2, -0.15) is 0 Å². The Labute approximate surface area is 117 Å². The quantitative estimate of drug-likeness (QED) is 0.824. The molecule has 0 aromatic heterocycles. The lowest BCUT2D eigenvalue weighted by molar-refractivity contribution is -0.124. The summed E-state index contributed by atoms with van der Waals surface area (Å²) in [6.07, 6.45) is 3.97. The van der Waals surface area contributed by atoms with Gasteiger partial charge in [0.15, 0.2) is 0 Å². The fourth-order valence-electron chi connectivity index (χ4n) is 3.40. The van der Waals surface area contributed by atoms with Crippen LogP contribution in [0.3, 0.4) is 0 Å². The van der Waals surface area contributed by atoms with Crippen molar-refractivity contribution in [1.29, 1.82) is 0 Å². The van der Waals surface area contributed by atoms with E-state index in [1.807, 2.05) is 7.05 Å². The summed E-state index contributed by atoms with van der Waals surface area (Å²) in [7, 11) is 1.96. The maximum atomic E-state index is 12.5. The van der Waals surface area contributed by atoms with Crippen LogP contribution in [0.25, 0.3) is 0 Å². The van der Waals surface area contributed by atoms with E-state index >= 15 is 0 Å². The van der Waals surface area contributed by atoms with Gasteiger partial charge in [0, 0.05) is 13.6 Å². The number of rotatable bonds is 1. The van der Waals surface area contributed by atoms with Crippen molar-refractivity contribution in [3.63, 3.8) is 0 Å². The maximum Gasteiger partial charge on any atom is 0.335 e. The van der Waals surface area contributed by atoms with Gasteiger partial charge < -0.3 is 15.3 Å². The first-order valence-electron chi connectivity index (χ1n) is 6.92. The van der Waals surface area contributed by atoms with Gasteiger partial charge in [-0.15, -0.1) is 0 Å². The number of carboxylic acid groups (broad SMARTS) is 1. The molecule has 3 rings (SSSR count). The van der Waals surface area contributed by atoms with Gasteiger partial charge in [0.25, 0.3) is 0 Å². The molecule has 2 aliphatic rings. The van der Waals surface area contributed by atoms with E-state index in [9.17, 15) is 9.59 Å². The number of fused-ring (bicyclic) bond motifs is 1. The van der Waals surface area contributed by atoms with Crippen molar-refractivity contribution < 1.29 is 14.7 Å². The average molecular weight is 274 g/mol. The van der Waals surface area contributed by atoms with E-state index in [1.165, 1.54) is 0 Å². The van der Waals surface area contributed by atoms with Crippen LogP contribution in [0.4, 0.5) is 11.4 Å². The molecule has 0 radical (unpaired) electrons. The van der Waals surface area contributed by atoms with Crippen LogP contribution in [0.2, 0.25) is 0 Å². The molecule has 5 nitrogen and oxygen atoms in total. The SMILES string of the molecule is CN1CC2(CCCC2)C(=O)Nc2cc(C(=O)O)ccc21. The summed E-state index contributed by atoms with van der Waals surface area (Å²) in [6, 6.07) is 4.89. The molecule has 5 heteroatoms. The highest BCUT2D eigenvalue weighted by Gasteiger charge is 2.44. The monoisotopic (exact) mass is 274 g/mol. The van der Waals surface area contributed by atoms with Crippen LogP contribution >= 0.6 is 0 Å². The Morgan fingerprint density at radius 2 is 2.05 bits per heavy atom. The lowest BCUT2D eigenvalue weighted by Crippen LogP contribution is -2.40. The van der Waals surface area contributed by atoms with Gasteiger partial charge in [-0.05, 0) is 31.0 Å². The number of nitrogens with zero attached hydrogens (tertiary/aromatic N) is 1. The summed E-state index contributed by atoms with van der Waals surface area (Å²) in [6.45, 7) is 0.693. The van der Waals surface area contributed by atoms with E-state index in [1.54, 1.807) is 18.2 Å². The minimum absolute atomic E-state index is 0.0307. The summed E-state index contributed by atoms with van der Waals surface area (Å²) in [5.41, 5.74) is 1.35. The maximum absolute atomic E-state index is 12.5. The second kappa shape index (κ2) is 4.51. The van der Waals surface area contributed by atoms with Crippen molar-refractivity contribution in [2.45, 2.75) is 25.7 Å². The Morgan fingerprint density at radius 3 is 2.70 bits per heavy atom. The number of nitrogens with one attached hydrogen (secondary N) is 1. The summed E-state index contributed by atoms with van der Waals surface area (Å²) >= 11 is 0. The van der Waals surface area contributed by atoms with E-state index in [0.29, 0.717) is 12.2 Å². The molecule has 1 fully saturated rings. The zero-order chi connectivity index (χ0) is 14.3. The number of carbonyl (C=O) groups is 2. The fourth-order valence-corrected chi connectivity index (χ4v) is 3.40. The zero-order valence-corrected chi connectivity index (χ0v) is 11.5. The minimum Gasteiger partial charge on any atom is -0.478 e. The Morgan fingerprint density at radius 1 is 1.35 bits per heavy atom. The van der Waals surface area contributed by atoms with E-state index in [-0.39, 0.29) is 16.9 Å². The molecule has 0 unspecified atom stereocenters. The van der Waals surface area contributed by atoms with Gasteiger partial charge in [0.1, 0.15) is 0 Å². The number of hydrogen-bond donors (Lipinski definition) is 2. The summed E-state index contributed by atoms with van der Waals surface area (Å²) in [5, 5.41) is 12.0. The molecule has 0 saturated heterocycles. The first-order chi connectivity index (χ1) is 9.52. The number of carboxylic acids is 1. The molecule has 1 spiro atoms. The van der Waals surface area contributed by atoms with Crippen LogP contribution in [-0.2, 0) is 4.79 Å². The van der Waals surface area contributed by atoms with Crippen LogP contribution in [0.15, 0.2) is 18.2 Å². The number of amides is 1. The molecule has 20 heavy (non-hydrogen) atoms. The summed E-state index contributed by atoms with van der Waals surface area (Å²) < 4.78 is 0. The van der Waals surface area contributed by atoms with Crippen LogP contribution in [-0.4, -0.2) is 30.6 Å². The van der Waals surface area contributed by atoms with Gasteiger partial charge in [-0.3, -0.25) is 4.79 Å². The topological polar surface area (TPSA) is 69.6 Å². The number of aromatic carboxylic acids is 1. The molecule has 0 atom stereocenters. The van der Waals surface area contributed by atoms with Crippen molar-refractivity contribution in [1.82, 2.24) is 0 Å². The third kappa shape index (κ3) is 1.94. The number of anilines is 2. The average Bonchev–Trinajstić information content (AvgIpc) is 2.84. The standard InChI is InChI=1S/C15H18N2O3/c1-17-9-15(6-2-3-7-15)14(20)16-11-8-10(13(18)19)4-5-12(11)17/h4-5,8H,2-3,6-7,9H2,1H3,(H,16,20)(H,18,19). The summed E-state index contributed by atoms with van der Waals surface area (Å²) in [5.74, 6) is -0.951. The lowest BCUT2D eigenvalue weighted by atomic mass is 9.85. The Hall–Kier alpha value is -2.04. The zero-order valence-electron chi connectivity index (χ0n) is 11.5. The van der Waals surface area contributed by atoms with Gasteiger partial charge in [0.2, 0.25) is 5.91 Å². The van der Waals surface area contributed by atoms with Crippen LogP contribution in [0, 0.1) is 5.41 Å². The smallest absolute Gasteiger partial charge is 0.335 e. The van der Waals surface area contributed by atoms with Crippen molar-refractivity contribution in [3.05, 3.63) is 23.8 Å². The predicted octanol–water partition coefficient (Wildman–Crippen LogP) is 2.33. The van der Waals surface area contributed by atoms with E-state index in [4.69, 9.17) is 5.11 Å². The molecule has 2 N–H and O–H groups in total. The first kappa shape index (κ1) is 13.0. The van der Waals surface area contributed by atoms with Gasteiger partial charge in [-0.25, -0.2) is 4.79 Å². The Bertz CT molecular complexity index is 576. The highest BCUT2D eigenvalue weighted by Crippen LogP contribution is 2.43.